The molecule has 7 nitrogen and oxygen atoms in total. The smallest absolute Gasteiger partial charge is 0.330 e. The lowest BCUT2D eigenvalue weighted by Crippen LogP contribution is -2.42. The molecule has 0 fully saturated rings. The Hall–Kier alpha value is -3.26. The van der Waals surface area contributed by atoms with Gasteiger partial charge < -0.3 is 10.6 Å². The molecule has 32 heavy (non-hydrogen) atoms. The zero-order valence-electron chi connectivity index (χ0n) is 18.6. The third-order valence-corrected chi connectivity index (χ3v) is 6.26. The summed E-state index contributed by atoms with van der Waals surface area (Å²) in [6, 6.07) is 15.4. The highest BCUT2D eigenvalue weighted by Crippen LogP contribution is 2.25. The van der Waals surface area contributed by atoms with Crippen LogP contribution in [0, 0.1) is 13.8 Å². The first-order valence-electron chi connectivity index (χ1n) is 10.5. The van der Waals surface area contributed by atoms with Gasteiger partial charge in [-0.15, -0.1) is 11.8 Å². The summed E-state index contributed by atoms with van der Waals surface area (Å²) in [4.78, 5) is 43.0. The number of amides is 1. The highest BCUT2D eigenvalue weighted by molar-refractivity contribution is 8.00. The van der Waals surface area contributed by atoms with Gasteiger partial charge in [0.15, 0.2) is 5.69 Å². The number of nitrogens with two attached hydrogens (primary N) is 1. The third-order valence-electron chi connectivity index (χ3n) is 5.10. The van der Waals surface area contributed by atoms with Gasteiger partial charge in [0.1, 0.15) is 5.82 Å². The minimum atomic E-state index is -0.657. The topological polar surface area (TPSA) is 101 Å². The van der Waals surface area contributed by atoms with Crippen LogP contribution in [0.1, 0.15) is 30.0 Å². The van der Waals surface area contributed by atoms with Crippen molar-refractivity contribution in [3.05, 3.63) is 86.1 Å². The van der Waals surface area contributed by atoms with Crippen molar-refractivity contribution in [2.24, 2.45) is 0 Å². The van der Waals surface area contributed by atoms with E-state index in [2.05, 4.69) is 11.1 Å². The molecule has 3 N–H and O–H groups in total. The van der Waals surface area contributed by atoms with Gasteiger partial charge in [-0.3, -0.25) is 19.1 Å². The standard InChI is InChI=1S/C24H28N4O3S/c1-4-12-27(20(29)15-32-19-11-10-16(2)13-17(19)3)21-22(25)28(24(31)26-23(21)30)14-18-8-6-5-7-9-18/h5-11,13H,4,12,14-15,25H2,1-3H3,(H,26,30,31). The first-order chi connectivity index (χ1) is 15.3. The van der Waals surface area contributed by atoms with E-state index in [0.29, 0.717) is 13.0 Å². The van der Waals surface area contributed by atoms with Crippen molar-refractivity contribution >= 4 is 29.2 Å². The Morgan fingerprint density at radius 3 is 2.50 bits per heavy atom. The van der Waals surface area contributed by atoms with E-state index in [9.17, 15) is 14.4 Å². The average Bonchev–Trinajstić information content (AvgIpc) is 2.76. The van der Waals surface area contributed by atoms with Crippen LogP contribution in [0.25, 0.3) is 0 Å². The number of nitrogens with one attached hydrogen (secondary N) is 1. The second kappa shape index (κ2) is 10.4. The van der Waals surface area contributed by atoms with Gasteiger partial charge in [0.25, 0.3) is 5.56 Å². The van der Waals surface area contributed by atoms with E-state index >= 15 is 0 Å². The van der Waals surface area contributed by atoms with Crippen LogP contribution in [0.3, 0.4) is 0 Å². The predicted molar refractivity (Wildman–Crippen MR) is 131 cm³/mol. The summed E-state index contributed by atoms with van der Waals surface area (Å²) in [5, 5.41) is 0. The van der Waals surface area contributed by atoms with E-state index in [1.54, 1.807) is 0 Å². The summed E-state index contributed by atoms with van der Waals surface area (Å²) < 4.78 is 1.29. The van der Waals surface area contributed by atoms with Crippen LogP contribution < -0.4 is 21.9 Å². The van der Waals surface area contributed by atoms with Crippen molar-refractivity contribution in [3.63, 3.8) is 0 Å². The number of aromatic nitrogens is 2. The zero-order valence-corrected chi connectivity index (χ0v) is 19.4. The largest absolute Gasteiger partial charge is 0.383 e. The lowest BCUT2D eigenvalue weighted by molar-refractivity contribution is -0.116. The molecule has 2 aromatic carbocycles. The minimum Gasteiger partial charge on any atom is -0.383 e. The molecule has 1 aromatic heterocycles. The SMILES string of the molecule is CCCN(C(=O)CSc1ccc(C)cc1C)c1c(N)n(Cc2ccccc2)c(=O)[nH]c1=O. The van der Waals surface area contributed by atoms with Crippen molar-refractivity contribution in [3.8, 4) is 0 Å². The fraction of sp³-hybridized carbons (Fsp3) is 0.292. The van der Waals surface area contributed by atoms with Crippen molar-refractivity contribution in [2.75, 3.05) is 22.9 Å². The molecule has 168 valence electrons. The van der Waals surface area contributed by atoms with Gasteiger partial charge >= 0.3 is 5.69 Å². The fourth-order valence-corrected chi connectivity index (χ4v) is 4.41. The monoisotopic (exact) mass is 452 g/mol. The number of nitrogen functional groups attached to an aromatic ring is 1. The maximum atomic E-state index is 13.2. The van der Waals surface area contributed by atoms with Gasteiger partial charge in [0.2, 0.25) is 5.91 Å². The number of anilines is 2. The van der Waals surface area contributed by atoms with E-state index in [4.69, 9.17) is 5.73 Å². The molecule has 0 atom stereocenters. The molecule has 1 heterocycles. The van der Waals surface area contributed by atoms with Crippen molar-refractivity contribution in [1.29, 1.82) is 0 Å². The molecular formula is C24H28N4O3S. The molecule has 0 aliphatic carbocycles. The average molecular weight is 453 g/mol. The maximum absolute atomic E-state index is 13.2. The highest BCUT2D eigenvalue weighted by Gasteiger charge is 2.24. The van der Waals surface area contributed by atoms with Crippen molar-refractivity contribution < 1.29 is 4.79 Å². The number of carbonyl (C=O) groups excluding carboxylic acids is 1. The van der Waals surface area contributed by atoms with E-state index in [1.807, 2.05) is 63.2 Å². The molecule has 1 amide bonds. The lowest BCUT2D eigenvalue weighted by Gasteiger charge is -2.24. The number of nitrogens with zero attached hydrogens (tertiary/aromatic N) is 2. The molecule has 0 aliphatic heterocycles. The lowest BCUT2D eigenvalue weighted by atomic mass is 10.2. The van der Waals surface area contributed by atoms with Crippen LogP contribution in [-0.4, -0.2) is 27.8 Å². The molecule has 8 heteroatoms. The maximum Gasteiger partial charge on any atom is 0.330 e. The number of hydrogen-bond donors (Lipinski definition) is 2. The summed E-state index contributed by atoms with van der Waals surface area (Å²) >= 11 is 1.42. The number of rotatable bonds is 8. The second-order valence-corrected chi connectivity index (χ2v) is 8.69. The molecule has 0 saturated carbocycles. The Balaban J connectivity index is 1.92. The van der Waals surface area contributed by atoms with Gasteiger partial charge in [-0.25, -0.2) is 4.79 Å². The van der Waals surface area contributed by atoms with Gasteiger partial charge in [0, 0.05) is 11.4 Å². The molecule has 0 radical (unpaired) electrons. The van der Waals surface area contributed by atoms with Crippen molar-refractivity contribution in [1.82, 2.24) is 9.55 Å². The zero-order chi connectivity index (χ0) is 23.3. The van der Waals surface area contributed by atoms with Crippen LogP contribution >= 0.6 is 11.8 Å². The Morgan fingerprint density at radius 1 is 1.12 bits per heavy atom. The molecule has 3 rings (SSSR count). The van der Waals surface area contributed by atoms with E-state index < -0.39 is 11.2 Å². The second-order valence-electron chi connectivity index (χ2n) is 7.67. The molecule has 0 saturated heterocycles. The van der Waals surface area contributed by atoms with Crippen LogP contribution in [-0.2, 0) is 11.3 Å². The quantitative estimate of drug-likeness (QED) is 0.511. The van der Waals surface area contributed by atoms with E-state index in [1.165, 1.54) is 21.2 Å². The first-order valence-corrected chi connectivity index (χ1v) is 11.5. The van der Waals surface area contributed by atoms with E-state index in [0.717, 1.165) is 21.6 Å². The minimum absolute atomic E-state index is 0.0130. The normalized spacial score (nSPS) is 10.8. The molecule has 0 unspecified atom stereocenters. The molecule has 0 bridgehead atoms. The van der Waals surface area contributed by atoms with Gasteiger partial charge in [-0.2, -0.15) is 0 Å². The number of aryl methyl sites for hydroxylation is 2. The van der Waals surface area contributed by atoms with Gasteiger partial charge in [0.05, 0.1) is 12.3 Å². The summed E-state index contributed by atoms with van der Waals surface area (Å²) in [6.07, 6.45) is 0.636. The Bertz CT molecular complexity index is 1220. The summed E-state index contributed by atoms with van der Waals surface area (Å²) in [5.74, 6) is -0.0968. The summed E-state index contributed by atoms with van der Waals surface area (Å²) in [7, 11) is 0. The number of H-pyrrole nitrogens is 1. The van der Waals surface area contributed by atoms with Crippen LogP contribution in [0.4, 0.5) is 11.5 Å². The Labute approximate surface area is 191 Å². The Kier molecular flexibility index (Phi) is 7.58. The number of thioether (sulfide) groups is 1. The van der Waals surface area contributed by atoms with Crippen LogP contribution in [0.2, 0.25) is 0 Å². The molecule has 3 aromatic rings. The molecule has 0 spiro atoms. The predicted octanol–water partition coefficient (Wildman–Crippen LogP) is 3.32. The molecular weight excluding hydrogens is 424 g/mol. The van der Waals surface area contributed by atoms with Crippen LogP contribution in [0.15, 0.2) is 63.0 Å². The summed E-state index contributed by atoms with van der Waals surface area (Å²) in [5.41, 5.74) is 8.17. The Morgan fingerprint density at radius 2 is 1.84 bits per heavy atom. The van der Waals surface area contributed by atoms with Gasteiger partial charge in [-0.05, 0) is 37.5 Å². The van der Waals surface area contributed by atoms with Crippen molar-refractivity contribution in [2.45, 2.75) is 38.6 Å². The number of hydrogen-bond acceptors (Lipinski definition) is 5. The van der Waals surface area contributed by atoms with E-state index in [-0.39, 0.29) is 29.7 Å². The highest BCUT2D eigenvalue weighted by atomic mass is 32.2. The number of carbonyl (C=O) groups is 1. The van der Waals surface area contributed by atoms with Crippen LogP contribution in [0.5, 0.6) is 0 Å². The first kappa shape index (κ1) is 23.4. The fourth-order valence-electron chi connectivity index (χ4n) is 3.52. The third kappa shape index (κ3) is 5.31. The molecule has 0 aliphatic rings. The summed E-state index contributed by atoms with van der Waals surface area (Å²) in [6.45, 7) is 6.46. The van der Waals surface area contributed by atoms with Gasteiger partial charge in [-0.1, -0.05) is 55.0 Å². The number of benzene rings is 2. The number of aromatic amines is 1.